The number of carbonyl (C=O) groups is 1. The lowest BCUT2D eigenvalue weighted by Crippen LogP contribution is -2.44. The Kier molecular flexibility index (Phi) is 3.66. The Balaban J connectivity index is 2.44. The van der Waals surface area contributed by atoms with Crippen molar-refractivity contribution in [3.8, 4) is 0 Å². The lowest BCUT2D eigenvalue weighted by Gasteiger charge is -2.31. The van der Waals surface area contributed by atoms with Gasteiger partial charge >= 0.3 is 6.18 Å². The fraction of sp³-hybridized carbons (Fsp3) is 0.417. The molecule has 1 fully saturated rings. The molecule has 4 nitrogen and oxygen atoms in total. The van der Waals surface area contributed by atoms with Crippen molar-refractivity contribution in [3.05, 3.63) is 29.3 Å². The second-order valence-electron chi connectivity index (χ2n) is 4.33. The number of alkyl halides is 3. The highest BCUT2D eigenvalue weighted by Crippen LogP contribution is 2.37. The molecule has 1 saturated heterocycles. The monoisotopic (exact) mass is 273 g/mol. The molecule has 0 bridgehead atoms. The molecule has 1 aliphatic rings. The predicted octanol–water partition coefficient (Wildman–Crippen LogP) is 1.21. The molecule has 1 aromatic carbocycles. The quantitative estimate of drug-likeness (QED) is 0.851. The van der Waals surface area contributed by atoms with Gasteiger partial charge in [0.1, 0.15) is 0 Å². The Bertz CT molecular complexity index is 482. The third kappa shape index (κ3) is 2.98. The van der Waals surface area contributed by atoms with Crippen LogP contribution in [-0.2, 0) is 6.18 Å². The van der Waals surface area contributed by atoms with Crippen LogP contribution in [0.4, 0.5) is 18.9 Å². The normalized spacial score (nSPS) is 16.5. The zero-order valence-corrected chi connectivity index (χ0v) is 10.1. The molecule has 0 aliphatic carbocycles. The standard InChI is InChI=1S/C12H14F3N3O/c13-12(14,15)9-7-8(11(16)19)1-2-10(9)18-5-3-17-4-6-18/h1-2,7,17H,3-6H2,(H2,16,19). The number of hydrogen-bond donors (Lipinski definition) is 2. The van der Waals surface area contributed by atoms with Gasteiger partial charge in [-0.2, -0.15) is 13.2 Å². The summed E-state index contributed by atoms with van der Waals surface area (Å²) in [5.41, 5.74) is 4.17. The molecule has 104 valence electrons. The van der Waals surface area contributed by atoms with Gasteiger partial charge in [0.05, 0.1) is 5.56 Å². The number of amides is 1. The first-order valence-electron chi connectivity index (χ1n) is 5.86. The maximum Gasteiger partial charge on any atom is 0.418 e. The molecule has 3 N–H and O–H groups in total. The highest BCUT2D eigenvalue weighted by molar-refractivity contribution is 5.93. The van der Waals surface area contributed by atoms with Crippen molar-refractivity contribution in [2.45, 2.75) is 6.18 Å². The number of nitrogens with one attached hydrogen (secondary N) is 1. The first-order chi connectivity index (χ1) is 8.89. The smallest absolute Gasteiger partial charge is 0.368 e. The van der Waals surface area contributed by atoms with Crippen molar-refractivity contribution >= 4 is 11.6 Å². The van der Waals surface area contributed by atoms with Crippen molar-refractivity contribution < 1.29 is 18.0 Å². The molecule has 0 unspecified atom stereocenters. The van der Waals surface area contributed by atoms with E-state index >= 15 is 0 Å². The minimum atomic E-state index is -4.51. The molecule has 0 atom stereocenters. The van der Waals surface area contributed by atoms with E-state index in [9.17, 15) is 18.0 Å². The van der Waals surface area contributed by atoms with E-state index in [-0.39, 0.29) is 11.3 Å². The average Bonchev–Trinajstić information content (AvgIpc) is 2.38. The van der Waals surface area contributed by atoms with Gasteiger partial charge in [-0.05, 0) is 18.2 Å². The summed E-state index contributed by atoms with van der Waals surface area (Å²) in [6.45, 7) is 2.27. The summed E-state index contributed by atoms with van der Waals surface area (Å²) in [7, 11) is 0. The van der Waals surface area contributed by atoms with E-state index in [1.165, 1.54) is 12.1 Å². The van der Waals surface area contributed by atoms with Crippen LogP contribution in [-0.4, -0.2) is 32.1 Å². The van der Waals surface area contributed by atoms with E-state index in [2.05, 4.69) is 5.32 Å². The highest BCUT2D eigenvalue weighted by atomic mass is 19.4. The van der Waals surface area contributed by atoms with Gasteiger partial charge in [-0.25, -0.2) is 0 Å². The Morgan fingerprint density at radius 2 is 1.89 bits per heavy atom. The summed E-state index contributed by atoms with van der Waals surface area (Å²) < 4.78 is 39.2. The maximum atomic E-state index is 13.1. The zero-order valence-electron chi connectivity index (χ0n) is 10.1. The second kappa shape index (κ2) is 5.08. The van der Waals surface area contributed by atoms with Gasteiger partial charge in [-0.1, -0.05) is 0 Å². The fourth-order valence-corrected chi connectivity index (χ4v) is 2.10. The van der Waals surface area contributed by atoms with E-state index in [0.29, 0.717) is 26.2 Å². The molecule has 1 aliphatic heterocycles. The molecule has 0 saturated carbocycles. The summed E-state index contributed by atoms with van der Waals surface area (Å²) in [5.74, 6) is -0.864. The molecule has 0 spiro atoms. The molecule has 1 heterocycles. The summed E-state index contributed by atoms with van der Waals surface area (Å²) in [6.07, 6.45) is -4.51. The van der Waals surface area contributed by atoms with Crippen molar-refractivity contribution in [2.75, 3.05) is 31.1 Å². The molecule has 19 heavy (non-hydrogen) atoms. The molecule has 0 aromatic heterocycles. The largest absolute Gasteiger partial charge is 0.418 e. The van der Waals surface area contributed by atoms with Crippen LogP contribution in [0.2, 0.25) is 0 Å². The maximum absolute atomic E-state index is 13.1. The number of rotatable bonds is 2. The average molecular weight is 273 g/mol. The zero-order chi connectivity index (χ0) is 14.0. The van der Waals surface area contributed by atoms with E-state index in [1.807, 2.05) is 0 Å². The SMILES string of the molecule is NC(=O)c1ccc(N2CCNCC2)c(C(F)(F)F)c1. The van der Waals surface area contributed by atoms with Crippen LogP contribution in [0, 0.1) is 0 Å². The van der Waals surface area contributed by atoms with Gasteiger partial charge in [0.15, 0.2) is 0 Å². The number of carbonyl (C=O) groups excluding carboxylic acids is 1. The molecule has 1 amide bonds. The number of benzene rings is 1. The van der Waals surface area contributed by atoms with Gasteiger partial charge < -0.3 is 16.0 Å². The first kappa shape index (κ1) is 13.7. The Morgan fingerprint density at radius 3 is 2.42 bits per heavy atom. The van der Waals surface area contributed by atoms with Crippen LogP contribution < -0.4 is 16.0 Å². The lowest BCUT2D eigenvalue weighted by molar-refractivity contribution is -0.137. The molecule has 0 radical (unpaired) electrons. The van der Waals surface area contributed by atoms with Crippen molar-refractivity contribution in [2.24, 2.45) is 5.73 Å². The van der Waals surface area contributed by atoms with E-state index in [1.54, 1.807) is 4.90 Å². The van der Waals surface area contributed by atoms with Crippen LogP contribution in [0.25, 0.3) is 0 Å². The molecule has 1 aromatic rings. The van der Waals surface area contributed by atoms with Crippen molar-refractivity contribution in [1.29, 1.82) is 0 Å². The van der Waals surface area contributed by atoms with Crippen LogP contribution >= 0.6 is 0 Å². The summed E-state index contributed by atoms with van der Waals surface area (Å²) in [4.78, 5) is 12.7. The van der Waals surface area contributed by atoms with Crippen LogP contribution in [0.3, 0.4) is 0 Å². The third-order valence-electron chi connectivity index (χ3n) is 3.04. The lowest BCUT2D eigenvalue weighted by atomic mass is 10.1. The van der Waals surface area contributed by atoms with Crippen LogP contribution in [0.15, 0.2) is 18.2 Å². The van der Waals surface area contributed by atoms with Gasteiger partial charge in [-0.15, -0.1) is 0 Å². The van der Waals surface area contributed by atoms with Gasteiger partial charge in [0, 0.05) is 37.4 Å². The Hall–Kier alpha value is -1.76. The van der Waals surface area contributed by atoms with E-state index in [4.69, 9.17) is 5.73 Å². The Labute approximate surface area is 108 Å². The summed E-state index contributed by atoms with van der Waals surface area (Å²) >= 11 is 0. The molecule has 2 rings (SSSR count). The van der Waals surface area contributed by atoms with Crippen molar-refractivity contribution in [3.63, 3.8) is 0 Å². The minimum Gasteiger partial charge on any atom is -0.368 e. The number of hydrogen-bond acceptors (Lipinski definition) is 3. The number of nitrogens with two attached hydrogens (primary N) is 1. The first-order valence-corrected chi connectivity index (χ1v) is 5.86. The highest BCUT2D eigenvalue weighted by Gasteiger charge is 2.35. The van der Waals surface area contributed by atoms with Gasteiger partial charge in [0.25, 0.3) is 0 Å². The number of halogens is 3. The minimum absolute atomic E-state index is 0.0963. The molecular formula is C12H14F3N3O. The van der Waals surface area contributed by atoms with Crippen LogP contribution in [0.1, 0.15) is 15.9 Å². The molecule has 7 heteroatoms. The summed E-state index contributed by atoms with van der Waals surface area (Å²) in [6, 6.07) is 3.46. The number of primary amides is 1. The predicted molar refractivity (Wildman–Crippen MR) is 65.0 cm³/mol. The fourth-order valence-electron chi connectivity index (χ4n) is 2.10. The van der Waals surface area contributed by atoms with Gasteiger partial charge in [-0.3, -0.25) is 4.79 Å². The van der Waals surface area contributed by atoms with Crippen LogP contribution in [0.5, 0.6) is 0 Å². The Morgan fingerprint density at radius 1 is 1.26 bits per heavy atom. The third-order valence-corrected chi connectivity index (χ3v) is 3.04. The van der Waals surface area contributed by atoms with Crippen molar-refractivity contribution in [1.82, 2.24) is 5.32 Å². The number of anilines is 1. The van der Waals surface area contributed by atoms with E-state index in [0.717, 1.165) is 6.07 Å². The molecular weight excluding hydrogens is 259 g/mol. The number of piperazine rings is 1. The van der Waals surface area contributed by atoms with E-state index < -0.39 is 17.6 Å². The number of nitrogens with zero attached hydrogens (tertiary/aromatic N) is 1. The van der Waals surface area contributed by atoms with Gasteiger partial charge in [0.2, 0.25) is 5.91 Å². The topological polar surface area (TPSA) is 58.4 Å². The second-order valence-corrected chi connectivity index (χ2v) is 4.33. The summed E-state index contributed by atoms with van der Waals surface area (Å²) in [5, 5.41) is 3.08.